The van der Waals surface area contributed by atoms with Gasteiger partial charge in [0, 0.05) is 25.2 Å². The summed E-state index contributed by atoms with van der Waals surface area (Å²) < 4.78 is 0.745. The molecule has 0 amide bonds. The van der Waals surface area contributed by atoms with Crippen LogP contribution in [0.2, 0.25) is 0 Å². The summed E-state index contributed by atoms with van der Waals surface area (Å²) in [6.07, 6.45) is 0. The molecule has 0 atom stereocenters. The van der Waals surface area contributed by atoms with Gasteiger partial charge in [0.15, 0.2) is 0 Å². The van der Waals surface area contributed by atoms with E-state index in [9.17, 15) is 5.11 Å². The summed E-state index contributed by atoms with van der Waals surface area (Å²) in [6.45, 7) is 7.10. The highest BCUT2D eigenvalue weighted by Crippen LogP contribution is 2.27. The average molecular weight is 315 g/mol. The summed E-state index contributed by atoms with van der Waals surface area (Å²) in [7, 11) is 4.17. The largest absolute Gasteiger partial charge is 0.506 e. The van der Waals surface area contributed by atoms with Crippen molar-refractivity contribution in [2.45, 2.75) is 20.4 Å². The zero-order valence-corrected chi connectivity index (χ0v) is 13.2. The van der Waals surface area contributed by atoms with Gasteiger partial charge in [-0.3, -0.25) is 0 Å². The number of phenolic OH excluding ortho intramolecular Hbond substituents is 1. The van der Waals surface area contributed by atoms with E-state index in [0.717, 1.165) is 23.1 Å². The van der Waals surface area contributed by atoms with Gasteiger partial charge in [0.25, 0.3) is 0 Å². The van der Waals surface area contributed by atoms with Crippen molar-refractivity contribution in [3.05, 3.63) is 28.2 Å². The van der Waals surface area contributed by atoms with Gasteiger partial charge in [-0.1, -0.05) is 26.0 Å². The maximum absolute atomic E-state index is 9.88. The SMILES string of the molecule is CN(C)CC(C)(C)CNCc1cccc(Br)c1O. The van der Waals surface area contributed by atoms with Crippen LogP contribution in [0, 0.1) is 5.41 Å². The van der Waals surface area contributed by atoms with Crippen molar-refractivity contribution in [1.82, 2.24) is 10.2 Å². The fraction of sp³-hybridized carbons (Fsp3) is 0.571. The van der Waals surface area contributed by atoms with Gasteiger partial charge >= 0.3 is 0 Å². The third kappa shape index (κ3) is 4.96. The fourth-order valence-electron chi connectivity index (χ4n) is 2.15. The number of hydrogen-bond acceptors (Lipinski definition) is 3. The molecule has 1 rings (SSSR count). The lowest BCUT2D eigenvalue weighted by Gasteiger charge is -2.28. The Labute approximate surface area is 118 Å². The van der Waals surface area contributed by atoms with Gasteiger partial charge in [-0.2, -0.15) is 0 Å². The normalized spacial score (nSPS) is 12.1. The highest BCUT2D eigenvalue weighted by atomic mass is 79.9. The summed E-state index contributed by atoms with van der Waals surface area (Å²) in [5, 5.41) is 13.3. The standard InChI is InChI=1S/C14H23BrN2O/c1-14(2,10-17(3)4)9-16-8-11-6-5-7-12(15)13(11)18/h5-7,16,18H,8-10H2,1-4H3. The minimum absolute atomic E-state index is 0.213. The zero-order valence-electron chi connectivity index (χ0n) is 11.6. The Bertz CT molecular complexity index is 391. The van der Waals surface area contributed by atoms with Crippen molar-refractivity contribution in [2.75, 3.05) is 27.2 Å². The predicted molar refractivity (Wildman–Crippen MR) is 79.8 cm³/mol. The van der Waals surface area contributed by atoms with E-state index >= 15 is 0 Å². The van der Waals surface area contributed by atoms with E-state index in [2.05, 4.69) is 54.1 Å². The van der Waals surface area contributed by atoms with Crippen molar-refractivity contribution in [1.29, 1.82) is 0 Å². The summed E-state index contributed by atoms with van der Waals surface area (Å²) >= 11 is 3.33. The highest BCUT2D eigenvalue weighted by Gasteiger charge is 2.18. The molecule has 0 heterocycles. The third-order valence-electron chi connectivity index (χ3n) is 2.73. The molecule has 3 nitrogen and oxygen atoms in total. The third-order valence-corrected chi connectivity index (χ3v) is 3.37. The van der Waals surface area contributed by atoms with Crippen LogP contribution < -0.4 is 5.32 Å². The molecule has 0 radical (unpaired) electrons. The van der Waals surface area contributed by atoms with E-state index in [-0.39, 0.29) is 5.41 Å². The molecule has 0 aliphatic rings. The second-order valence-electron chi connectivity index (χ2n) is 5.75. The minimum atomic E-state index is 0.213. The number of halogens is 1. The molecule has 0 saturated heterocycles. The molecule has 0 aromatic heterocycles. The number of hydrogen-bond donors (Lipinski definition) is 2. The van der Waals surface area contributed by atoms with Gasteiger partial charge in [-0.15, -0.1) is 0 Å². The topological polar surface area (TPSA) is 35.5 Å². The first-order valence-corrected chi connectivity index (χ1v) is 6.93. The summed E-state index contributed by atoms with van der Waals surface area (Å²) in [4.78, 5) is 2.19. The Morgan fingerprint density at radius 1 is 1.33 bits per heavy atom. The summed E-state index contributed by atoms with van der Waals surface area (Å²) in [5.41, 5.74) is 1.13. The predicted octanol–water partition coefficient (Wildman–Crippen LogP) is 2.83. The molecule has 102 valence electrons. The van der Waals surface area contributed by atoms with E-state index in [4.69, 9.17) is 0 Å². The van der Waals surface area contributed by atoms with Crippen molar-refractivity contribution in [3.8, 4) is 5.75 Å². The number of aromatic hydroxyl groups is 1. The molecular formula is C14H23BrN2O. The summed E-state index contributed by atoms with van der Waals surface area (Å²) in [6, 6.07) is 5.71. The van der Waals surface area contributed by atoms with Crippen LogP contribution in [0.4, 0.5) is 0 Å². The van der Waals surface area contributed by atoms with E-state index in [1.807, 2.05) is 18.2 Å². The number of nitrogens with zero attached hydrogens (tertiary/aromatic N) is 1. The Kier molecular flexibility index (Phi) is 5.63. The fourth-order valence-corrected chi connectivity index (χ4v) is 2.56. The zero-order chi connectivity index (χ0) is 13.8. The molecule has 0 bridgehead atoms. The van der Waals surface area contributed by atoms with Gasteiger partial charge in [0.1, 0.15) is 5.75 Å². The van der Waals surface area contributed by atoms with Crippen molar-refractivity contribution in [3.63, 3.8) is 0 Å². The second-order valence-corrected chi connectivity index (χ2v) is 6.61. The first kappa shape index (κ1) is 15.5. The van der Waals surface area contributed by atoms with Crippen LogP contribution in [0.5, 0.6) is 5.75 Å². The van der Waals surface area contributed by atoms with Crippen LogP contribution in [0.15, 0.2) is 22.7 Å². The van der Waals surface area contributed by atoms with E-state index < -0.39 is 0 Å². The van der Waals surface area contributed by atoms with E-state index in [0.29, 0.717) is 12.3 Å². The van der Waals surface area contributed by atoms with Crippen LogP contribution in [-0.4, -0.2) is 37.2 Å². The van der Waals surface area contributed by atoms with E-state index in [1.54, 1.807) is 0 Å². The number of rotatable bonds is 6. The van der Waals surface area contributed by atoms with Crippen LogP contribution >= 0.6 is 15.9 Å². The molecule has 1 aromatic carbocycles. The van der Waals surface area contributed by atoms with Gasteiger partial charge in [0.05, 0.1) is 4.47 Å². The van der Waals surface area contributed by atoms with Gasteiger partial charge < -0.3 is 15.3 Å². The Morgan fingerprint density at radius 3 is 2.61 bits per heavy atom. The number of phenols is 1. The smallest absolute Gasteiger partial charge is 0.134 e. The monoisotopic (exact) mass is 314 g/mol. The maximum atomic E-state index is 9.88. The highest BCUT2D eigenvalue weighted by molar-refractivity contribution is 9.10. The molecule has 0 spiro atoms. The van der Waals surface area contributed by atoms with Crippen LogP contribution in [0.25, 0.3) is 0 Å². The molecule has 18 heavy (non-hydrogen) atoms. The van der Waals surface area contributed by atoms with Gasteiger partial charge in [0.2, 0.25) is 0 Å². The molecule has 0 fully saturated rings. The Morgan fingerprint density at radius 2 is 2.00 bits per heavy atom. The number of para-hydroxylation sites is 1. The Hall–Kier alpha value is -0.580. The van der Waals surface area contributed by atoms with E-state index in [1.165, 1.54) is 0 Å². The molecule has 0 aliphatic carbocycles. The molecule has 4 heteroatoms. The molecule has 0 aliphatic heterocycles. The molecule has 0 unspecified atom stereocenters. The van der Waals surface area contributed by atoms with Crippen molar-refractivity contribution in [2.24, 2.45) is 5.41 Å². The number of nitrogens with one attached hydrogen (secondary N) is 1. The van der Waals surface area contributed by atoms with Crippen molar-refractivity contribution < 1.29 is 5.11 Å². The quantitative estimate of drug-likeness (QED) is 0.847. The first-order chi connectivity index (χ1) is 8.32. The lowest BCUT2D eigenvalue weighted by atomic mass is 9.93. The van der Waals surface area contributed by atoms with Crippen LogP contribution in [-0.2, 0) is 6.54 Å². The Balaban J connectivity index is 2.49. The van der Waals surface area contributed by atoms with Crippen LogP contribution in [0.1, 0.15) is 19.4 Å². The van der Waals surface area contributed by atoms with Crippen LogP contribution in [0.3, 0.4) is 0 Å². The maximum Gasteiger partial charge on any atom is 0.134 e. The molecule has 0 saturated carbocycles. The number of benzene rings is 1. The molecular weight excluding hydrogens is 292 g/mol. The van der Waals surface area contributed by atoms with Gasteiger partial charge in [-0.05, 0) is 41.5 Å². The van der Waals surface area contributed by atoms with Gasteiger partial charge in [-0.25, -0.2) is 0 Å². The minimum Gasteiger partial charge on any atom is -0.506 e. The lowest BCUT2D eigenvalue weighted by molar-refractivity contribution is 0.232. The molecule has 2 N–H and O–H groups in total. The second kappa shape index (κ2) is 6.55. The lowest BCUT2D eigenvalue weighted by Crippen LogP contribution is -2.37. The summed E-state index contributed by atoms with van der Waals surface area (Å²) in [5.74, 6) is 0.329. The van der Waals surface area contributed by atoms with Crippen molar-refractivity contribution >= 4 is 15.9 Å². The first-order valence-electron chi connectivity index (χ1n) is 6.14. The molecule has 1 aromatic rings. The average Bonchev–Trinajstić information content (AvgIpc) is 2.22.